The maximum atomic E-state index is 12.4. The second-order valence-electron chi connectivity index (χ2n) is 6.52. The highest BCUT2D eigenvalue weighted by atomic mass is 35.5. The number of amides is 1. The van der Waals surface area contributed by atoms with Crippen molar-refractivity contribution in [2.75, 3.05) is 0 Å². The van der Waals surface area contributed by atoms with E-state index in [4.69, 9.17) is 11.6 Å². The molecule has 114 valence electrons. The van der Waals surface area contributed by atoms with Crippen molar-refractivity contribution in [2.45, 2.75) is 44.8 Å². The number of hydrogen-bond donors (Lipinski definition) is 2. The number of benzene rings is 1. The number of aliphatic hydroxyl groups is 1. The summed E-state index contributed by atoms with van der Waals surface area (Å²) in [6.45, 7) is 2.21. The number of rotatable bonds is 4. The van der Waals surface area contributed by atoms with Gasteiger partial charge in [-0.15, -0.1) is 0 Å². The summed E-state index contributed by atoms with van der Waals surface area (Å²) in [5.74, 6) is 0.890. The van der Waals surface area contributed by atoms with Gasteiger partial charge in [0.2, 0.25) is 5.91 Å². The summed E-state index contributed by atoms with van der Waals surface area (Å²) in [7, 11) is 0. The fourth-order valence-corrected chi connectivity index (χ4v) is 3.56. The van der Waals surface area contributed by atoms with Gasteiger partial charge in [-0.25, -0.2) is 0 Å². The van der Waals surface area contributed by atoms with Gasteiger partial charge in [0.1, 0.15) is 0 Å². The summed E-state index contributed by atoms with van der Waals surface area (Å²) in [6.07, 6.45) is 3.13. The zero-order chi connectivity index (χ0) is 15.0. The Bertz CT molecular complexity index is 516. The number of halogens is 1. The first-order valence-corrected chi connectivity index (χ1v) is 8.18. The van der Waals surface area contributed by atoms with E-state index in [0.717, 1.165) is 31.2 Å². The first-order valence-electron chi connectivity index (χ1n) is 7.80. The fourth-order valence-electron chi connectivity index (χ4n) is 3.43. The van der Waals surface area contributed by atoms with Gasteiger partial charge in [-0.05, 0) is 55.2 Å². The molecule has 2 N–H and O–H groups in total. The zero-order valence-corrected chi connectivity index (χ0v) is 13.0. The molecule has 2 fully saturated rings. The van der Waals surface area contributed by atoms with Crippen LogP contribution in [0.3, 0.4) is 0 Å². The molecule has 0 radical (unpaired) electrons. The monoisotopic (exact) mass is 307 g/mol. The molecule has 0 saturated heterocycles. The van der Waals surface area contributed by atoms with Crippen molar-refractivity contribution >= 4 is 17.5 Å². The topological polar surface area (TPSA) is 49.3 Å². The average Bonchev–Trinajstić information content (AvgIpc) is 3.01. The third-order valence-electron chi connectivity index (χ3n) is 4.94. The Balaban J connectivity index is 1.74. The van der Waals surface area contributed by atoms with Crippen molar-refractivity contribution in [1.29, 1.82) is 0 Å². The van der Waals surface area contributed by atoms with Gasteiger partial charge in [0.15, 0.2) is 0 Å². The normalized spacial score (nSPS) is 32.7. The highest BCUT2D eigenvalue weighted by molar-refractivity contribution is 6.30. The van der Waals surface area contributed by atoms with Crippen LogP contribution in [-0.2, 0) is 4.79 Å². The Kier molecular flexibility index (Phi) is 4.23. The van der Waals surface area contributed by atoms with E-state index in [1.807, 2.05) is 24.3 Å². The Labute approximate surface area is 130 Å². The molecule has 3 rings (SSSR count). The van der Waals surface area contributed by atoms with E-state index in [0.29, 0.717) is 16.9 Å². The first-order chi connectivity index (χ1) is 10.1. The lowest BCUT2D eigenvalue weighted by Gasteiger charge is -2.23. The lowest BCUT2D eigenvalue weighted by molar-refractivity contribution is -0.128. The predicted molar refractivity (Wildman–Crippen MR) is 83.0 cm³/mol. The molecular weight excluding hydrogens is 286 g/mol. The van der Waals surface area contributed by atoms with Crippen molar-refractivity contribution in [3.8, 4) is 0 Å². The number of carbonyl (C=O) groups excluding carboxylic acids is 1. The van der Waals surface area contributed by atoms with Gasteiger partial charge in [0.25, 0.3) is 0 Å². The molecule has 0 heterocycles. The molecule has 2 saturated carbocycles. The van der Waals surface area contributed by atoms with E-state index in [2.05, 4.69) is 12.2 Å². The second-order valence-corrected chi connectivity index (χ2v) is 6.96. The molecule has 1 amide bonds. The molecule has 5 atom stereocenters. The number of nitrogens with one attached hydrogen (secondary N) is 1. The molecule has 1 aromatic carbocycles. The maximum Gasteiger partial charge on any atom is 0.226 e. The molecular formula is C17H22ClNO2. The first kappa shape index (κ1) is 14.9. The highest BCUT2D eigenvalue weighted by Gasteiger charge is 2.42. The van der Waals surface area contributed by atoms with Gasteiger partial charge in [0, 0.05) is 5.02 Å². The molecule has 1 aromatic rings. The van der Waals surface area contributed by atoms with E-state index in [-0.39, 0.29) is 17.9 Å². The maximum absolute atomic E-state index is 12.4. The largest absolute Gasteiger partial charge is 0.392 e. The van der Waals surface area contributed by atoms with E-state index < -0.39 is 6.10 Å². The van der Waals surface area contributed by atoms with Gasteiger partial charge in [-0.2, -0.15) is 0 Å². The number of aliphatic hydroxyl groups excluding tert-OH is 1. The van der Waals surface area contributed by atoms with E-state index >= 15 is 0 Å². The second kappa shape index (κ2) is 5.98. The Morgan fingerprint density at radius 1 is 1.33 bits per heavy atom. The van der Waals surface area contributed by atoms with Gasteiger partial charge in [-0.3, -0.25) is 4.79 Å². The summed E-state index contributed by atoms with van der Waals surface area (Å²) in [5, 5.41) is 13.8. The number of hydrogen-bond acceptors (Lipinski definition) is 2. The van der Waals surface area contributed by atoms with Gasteiger partial charge in [-0.1, -0.05) is 30.7 Å². The SMILES string of the molecule is CC1CC1C(NC(=O)C1CCCC1O)c1ccc(Cl)cc1. The minimum absolute atomic E-state index is 0.000880. The van der Waals surface area contributed by atoms with Crippen LogP contribution < -0.4 is 5.32 Å². The molecule has 0 spiro atoms. The smallest absolute Gasteiger partial charge is 0.226 e. The van der Waals surface area contributed by atoms with Crippen LogP contribution in [0.25, 0.3) is 0 Å². The van der Waals surface area contributed by atoms with E-state index in [1.54, 1.807) is 0 Å². The standard InChI is InChI=1S/C17H22ClNO2/c1-10-9-14(10)16(11-5-7-12(18)8-6-11)19-17(21)13-3-2-4-15(13)20/h5-8,10,13-16,20H,2-4,9H2,1H3,(H,19,21). The summed E-state index contributed by atoms with van der Waals surface area (Å²) in [5.41, 5.74) is 1.11. The molecule has 0 aromatic heterocycles. The van der Waals surface area contributed by atoms with Crippen molar-refractivity contribution in [3.05, 3.63) is 34.9 Å². The lowest BCUT2D eigenvalue weighted by Crippen LogP contribution is -2.38. The van der Waals surface area contributed by atoms with Crippen LogP contribution in [0.1, 0.15) is 44.2 Å². The Morgan fingerprint density at radius 2 is 2.00 bits per heavy atom. The van der Waals surface area contributed by atoms with E-state index in [9.17, 15) is 9.90 Å². The summed E-state index contributed by atoms with van der Waals surface area (Å²) in [4.78, 5) is 12.4. The van der Waals surface area contributed by atoms with Crippen LogP contribution in [0.2, 0.25) is 5.02 Å². The molecule has 2 aliphatic carbocycles. The van der Waals surface area contributed by atoms with E-state index in [1.165, 1.54) is 0 Å². The minimum Gasteiger partial charge on any atom is -0.392 e. The zero-order valence-electron chi connectivity index (χ0n) is 12.3. The average molecular weight is 308 g/mol. The third kappa shape index (κ3) is 3.24. The lowest BCUT2D eigenvalue weighted by atomic mass is 9.98. The van der Waals surface area contributed by atoms with Gasteiger partial charge >= 0.3 is 0 Å². The Morgan fingerprint density at radius 3 is 2.52 bits per heavy atom. The molecule has 5 unspecified atom stereocenters. The van der Waals surface area contributed by atoms with Crippen LogP contribution in [0.4, 0.5) is 0 Å². The molecule has 21 heavy (non-hydrogen) atoms. The highest BCUT2D eigenvalue weighted by Crippen LogP contribution is 2.47. The third-order valence-corrected chi connectivity index (χ3v) is 5.19. The van der Waals surface area contributed by atoms with Crippen molar-refractivity contribution in [3.63, 3.8) is 0 Å². The van der Waals surface area contributed by atoms with Crippen molar-refractivity contribution < 1.29 is 9.90 Å². The molecule has 0 aliphatic heterocycles. The van der Waals surface area contributed by atoms with Crippen LogP contribution >= 0.6 is 11.6 Å². The molecule has 2 aliphatic rings. The van der Waals surface area contributed by atoms with Crippen LogP contribution in [-0.4, -0.2) is 17.1 Å². The van der Waals surface area contributed by atoms with Crippen molar-refractivity contribution in [1.82, 2.24) is 5.32 Å². The summed E-state index contributed by atoms with van der Waals surface area (Å²) >= 11 is 5.95. The number of carbonyl (C=O) groups is 1. The van der Waals surface area contributed by atoms with Gasteiger partial charge < -0.3 is 10.4 Å². The predicted octanol–water partition coefficient (Wildman–Crippen LogP) is 3.31. The van der Waals surface area contributed by atoms with Crippen molar-refractivity contribution in [2.24, 2.45) is 17.8 Å². The fraction of sp³-hybridized carbons (Fsp3) is 0.588. The summed E-state index contributed by atoms with van der Waals surface area (Å²) < 4.78 is 0. The summed E-state index contributed by atoms with van der Waals surface area (Å²) in [6, 6.07) is 7.76. The minimum atomic E-state index is -0.479. The molecule has 3 nitrogen and oxygen atoms in total. The van der Waals surface area contributed by atoms with Crippen LogP contribution in [0, 0.1) is 17.8 Å². The molecule has 4 heteroatoms. The van der Waals surface area contributed by atoms with Crippen LogP contribution in [0.15, 0.2) is 24.3 Å². The quantitative estimate of drug-likeness (QED) is 0.896. The van der Waals surface area contributed by atoms with Crippen LogP contribution in [0.5, 0.6) is 0 Å². The molecule has 0 bridgehead atoms. The van der Waals surface area contributed by atoms with Gasteiger partial charge in [0.05, 0.1) is 18.1 Å². The Hall–Kier alpha value is -1.06.